The van der Waals surface area contributed by atoms with E-state index in [0.29, 0.717) is 29.6 Å². The van der Waals surface area contributed by atoms with Crippen LogP contribution in [0.5, 0.6) is 0 Å². The van der Waals surface area contributed by atoms with Gasteiger partial charge in [-0.1, -0.05) is 63.3 Å². The van der Waals surface area contributed by atoms with Crippen LogP contribution in [0.4, 0.5) is 0 Å². The van der Waals surface area contributed by atoms with Crippen molar-refractivity contribution in [1.29, 1.82) is 0 Å². The lowest BCUT2D eigenvalue weighted by Crippen LogP contribution is -2.43. The number of methoxy groups -OCH3 is 1. The molecule has 0 aliphatic heterocycles. The summed E-state index contributed by atoms with van der Waals surface area (Å²) in [7, 11) is 1.81. The van der Waals surface area contributed by atoms with Crippen molar-refractivity contribution < 1.29 is 14.9 Å². The van der Waals surface area contributed by atoms with E-state index in [-0.39, 0.29) is 29.1 Å². The highest BCUT2D eigenvalue weighted by atomic mass is 16.5. The van der Waals surface area contributed by atoms with Gasteiger partial charge in [-0.3, -0.25) is 0 Å². The predicted molar refractivity (Wildman–Crippen MR) is 142 cm³/mol. The Bertz CT molecular complexity index is 748. The third-order valence-electron chi connectivity index (χ3n) is 9.81. The lowest BCUT2D eigenvalue weighted by molar-refractivity contribution is 0.0383. The molecule has 0 saturated heterocycles. The van der Waals surface area contributed by atoms with Crippen molar-refractivity contribution in [3.63, 3.8) is 0 Å². The zero-order valence-corrected chi connectivity index (χ0v) is 22.3. The highest BCUT2D eigenvalue weighted by molar-refractivity contribution is 5.17. The molecule has 8 unspecified atom stereocenters. The molecule has 3 nitrogen and oxygen atoms in total. The van der Waals surface area contributed by atoms with Crippen LogP contribution in [0.3, 0.4) is 0 Å². The summed E-state index contributed by atoms with van der Waals surface area (Å²) in [5, 5.41) is 20.1. The Morgan fingerprint density at radius 1 is 0.853 bits per heavy atom. The van der Waals surface area contributed by atoms with Crippen molar-refractivity contribution in [3.05, 3.63) is 49.1 Å². The molecule has 0 aromatic rings. The molecule has 0 aromatic carbocycles. The number of ether oxygens (including phenoxy) is 1. The Hall–Kier alpha value is -1.16. The minimum absolute atomic E-state index is 0.0370. The molecule has 0 aromatic heterocycles. The quantitative estimate of drug-likeness (QED) is 0.342. The highest BCUT2D eigenvalue weighted by Crippen LogP contribution is 2.54. The van der Waals surface area contributed by atoms with Crippen LogP contribution in [0.25, 0.3) is 0 Å². The molecule has 3 aliphatic carbocycles. The van der Waals surface area contributed by atoms with Gasteiger partial charge in [0.15, 0.2) is 0 Å². The Morgan fingerprint density at radius 3 is 1.82 bits per heavy atom. The van der Waals surface area contributed by atoms with Gasteiger partial charge in [0.05, 0.1) is 18.3 Å². The predicted octanol–water partition coefficient (Wildman–Crippen LogP) is 6.87. The van der Waals surface area contributed by atoms with Crippen molar-refractivity contribution >= 4 is 0 Å². The molecular formula is C31H50O3. The minimum Gasteiger partial charge on any atom is -0.393 e. The zero-order chi connectivity index (χ0) is 24.9. The third kappa shape index (κ3) is 5.97. The van der Waals surface area contributed by atoms with E-state index >= 15 is 0 Å². The maximum Gasteiger partial charge on any atom is 0.0752 e. The lowest BCUT2D eigenvalue weighted by Gasteiger charge is -2.50. The summed E-state index contributed by atoms with van der Waals surface area (Å²) in [6.45, 7) is 13.5. The van der Waals surface area contributed by atoms with Crippen LogP contribution >= 0.6 is 0 Å². The normalized spacial score (nSPS) is 35.5. The van der Waals surface area contributed by atoms with Crippen LogP contribution in [0, 0.1) is 40.4 Å². The molecule has 3 aliphatic rings. The van der Waals surface area contributed by atoms with Crippen LogP contribution in [-0.4, -0.2) is 35.6 Å². The summed E-state index contributed by atoms with van der Waals surface area (Å²) in [6, 6.07) is 0. The Balaban J connectivity index is 1.82. The monoisotopic (exact) mass is 470 g/mol. The van der Waals surface area contributed by atoms with Crippen LogP contribution in [0.1, 0.15) is 79.1 Å². The van der Waals surface area contributed by atoms with E-state index in [4.69, 9.17) is 4.74 Å². The summed E-state index contributed by atoms with van der Waals surface area (Å²) >= 11 is 0. The molecule has 34 heavy (non-hydrogen) atoms. The zero-order valence-electron chi connectivity index (χ0n) is 22.3. The molecule has 3 rings (SSSR count). The van der Waals surface area contributed by atoms with Gasteiger partial charge < -0.3 is 14.9 Å². The van der Waals surface area contributed by atoms with E-state index in [2.05, 4.69) is 63.8 Å². The molecule has 0 amide bonds. The fraction of sp³-hybridized carbons (Fsp3) is 0.742. The summed E-state index contributed by atoms with van der Waals surface area (Å²) in [6.07, 6.45) is 24.1. The largest absolute Gasteiger partial charge is 0.393 e. The first-order valence-corrected chi connectivity index (χ1v) is 13.7. The van der Waals surface area contributed by atoms with Crippen LogP contribution in [0.15, 0.2) is 49.1 Å². The average molecular weight is 471 g/mol. The minimum atomic E-state index is -0.312. The molecule has 0 saturated carbocycles. The smallest absolute Gasteiger partial charge is 0.0752 e. The summed E-state index contributed by atoms with van der Waals surface area (Å²) < 4.78 is 5.54. The number of aliphatic hydroxyl groups is 2. The standard InChI is InChI=1S/C31H50O3/c1-7-23(9-8-22(2)32)31(5,27-14-18-28(33)19-15-27)26-12-10-24(11-13-26)30(3,4)25-16-20-29(34-6)21-17-25/h7,10,12,14,16,18,20,22-29,32-33H,1,8-9,11,13,15,17,19,21H2,2-6H3/t22?,23?,24?,25?,26?,27?,28?,29-,31?/m1/s1. The highest BCUT2D eigenvalue weighted by Gasteiger charge is 2.47. The third-order valence-corrected chi connectivity index (χ3v) is 9.81. The summed E-state index contributed by atoms with van der Waals surface area (Å²) in [5.74, 6) is 2.38. The molecule has 0 bridgehead atoms. The first-order valence-electron chi connectivity index (χ1n) is 13.7. The fourth-order valence-corrected chi connectivity index (χ4v) is 7.10. The molecule has 0 heterocycles. The van der Waals surface area contributed by atoms with E-state index < -0.39 is 0 Å². The molecule has 0 fully saturated rings. The maximum atomic E-state index is 10.1. The van der Waals surface area contributed by atoms with E-state index in [1.807, 2.05) is 13.0 Å². The van der Waals surface area contributed by atoms with Crippen molar-refractivity contribution in [2.75, 3.05) is 7.11 Å². The number of hydrogen-bond donors (Lipinski definition) is 2. The van der Waals surface area contributed by atoms with E-state index in [0.717, 1.165) is 32.1 Å². The van der Waals surface area contributed by atoms with Crippen LogP contribution in [-0.2, 0) is 4.74 Å². The summed E-state index contributed by atoms with van der Waals surface area (Å²) in [4.78, 5) is 0. The van der Waals surface area contributed by atoms with E-state index in [1.165, 1.54) is 19.3 Å². The second-order valence-corrected chi connectivity index (χ2v) is 12.1. The molecular weight excluding hydrogens is 420 g/mol. The number of rotatable bonds is 10. The lowest BCUT2D eigenvalue weighted by atomic mass is 9.54. The van der Waals surface area contributed by atoms with E-state index in [9.17, 15) is 10.2 Å². The van der Waals surface area contributed by atoms with Crippen molar-refractivity contribution in [1.82, 2.24) is 0 Å². The molecule has 2 N–H and O–H groups in total. The first kappa shape index (κ1) is 27.4. The van der Waals surface area contributed by atoms with Crippen molar-refractivity contribution in [2.24, 2.45) is 40.4 Å². The van der Waals surface area contributed by atoms with Gasteiger partial charge in [0.1, 0.15) is 0 Å². The second-order valence-electron chi connectivity index (χ2n) is 12.1. The van der Waals surface area contributed by atoms with Gasteiger partial charge in [-0.2, -0.15) is 0 Å². The van der Waals surface area contributed by atoms with Gasteiger partial charge in [0, 0.05) is 7.11 Å². The maximum absolute atomic E-state index is 10.1. The average Bonchev–Trinajstić information content (AvgIpc) is 2.84. The second kappa shape index (κ2) is 11.7. The number of hydrogen-bond acceptors (Lipinski definition) is 3. The fourth-order valence-electron chi connectivity index (χ4n) is 7.10. The number of allylic oxidation sites excluding steroid dienone is 5. The Morgan fingerprint density at radius 2 is 1.38 bits per heavy atom. The first-order chi connectivity index (χ1) is 16.1. The summed E-state index contributed by atoms with van der Waals surface area (Å²) in [5.41, 5.74) is 0.265. The topological polar surface area (TPSA) is 49.7 Å². The van der Waals surface area contributed by atoms with Gasteiger partial charge in [-0.25, -0.2) is 0 Å². The molecule has 3 heteroatoms. The van der Waals surface area contributed by atoms with Gasteiger partial charge in [0.25, 0.3) is 0 Å². The van der Waals surface area contributed by atoms with Crippen LogP contribution in [0.2, 0.25) is 0 Å². The van der Waals surface area contributed by atoms with Gasteiger partial charge in [-0.15, -0.1) is 6.58 Å². The molecule has 0 radical (unpaired) electrons. The van der Waals surface area contributed by atoms with Gasteiger partial charge in [0.2, 0.25) is 0 Å². The molecule has 0 spiro atoms. The van der Waals surface area contributed by atoms with Crippen molar-refractivity contribution in [2.45, 2.75) is 97.4 Å². The SMILES string of the molecule is C=CC(CCC(C)O)C(C)(C1C=CC(O)CC1)C1C=CC(C(C)(C)C2C=C[C@@H](OC)CC2)CC1. The molecule has 192 valence electrons. The molecule has 9 atom stereocenters. The van der Waals surface area contributed by atoms with Crippen molar-refractivity contribution in [3.8, 4) is 0 Å². The Labute approximate surface area is 209 Å². The van der Waals surface area contributed by atoms with Crippen LogP contribution < -0.4 is 0 Å². The van der Waals surface area contributed by atoms with E-state index in [1.54, 1.807) is 7.11 Å². The Kier molecular flexibility index (Phi) is 9.45. The van der Waals surface area contributed by atoms with Gasteiger partial charge >= 0.3 is 0 Å². The number of aliphatic hydroxyl groups excluding tert-OH is 2. The van der Waals surface area contributed by atoms with Gasteiger partial charge in [-0.05, 0) is 98.7 Å².